The van der Waals surface area contributed by atoms with Crippen molar-refractivity contribution in [1.29, 1.82) is 0 Å². The highest BCUT2D eigenvalue weighted by Crippen LogP contribution is 2.28. The van der Waals surface area contributed by atoms with E-state index in [0.717, 1.165) is 22.8 Å². The summed E-state index contributed by atoms with van der Waals surface area (Å²) in [5, 5.41) is 12.0. The lowest BCUT2D eigenvalue weighted by Gasteiger charge is -2.10. The molecule has 0 bridgehead atoms. The monoisotopic (exact) mass is 462 g/mol. The zero-order chi connectivity index (χ0) is 21.9. The third-order valence-corrected chi connectivity index (χ3v) is 6.11. The highest BCUT2D eigenvalue weighted by Gasteiger charge is 2.18. The maximum absolute atomic E-state index is 13.5. The van der Waals surface area contributed by atoms with Crippen LogP contribution in [0.1, 0.15) is 0 Å². The molecular formula is C22H15FN6OS2. The molecule has 0 spiro atoms. The number of benzene rings is 3. The fourth-order valence-electron chi connectivity index (χ4n) is 3.18. The van der Waals surface area contributed by atoms with Crippen molar-refractivity contribution in [3.63, 3.8) is 0 Å². The lowest BCUT2D eigenvalue weighted by Crippen LogP contribution is -2.15. The predicted octanol–water partition coefficient (Wildman–Crippen LogP) is 4.81. The Balaban J connectivity index is 1.41. The predicted molar refractivity (Wildman–Crippen MR) is 124 cm³/mol. The second kappa shape index (κ2) is 8.85. The molecule has 0 atom stereocenters. The van der Waals surface area contributed by atoms with Crippen molar-refractivity contribution in [3.05, 3.63) is 78.6 Å². The first kappa shape index (κ1) is 20.3. The van der Waals surface area contributed by atoms with E-state index in [0.29, 0.717) is 27.9 Å². The number of nitrogens with one attached hydrogen (secondary N) is 1. The summed E-state index contributed by atoms with van der Waals surface area (Å²) < 4.78 is 23.7. The van der Waals surface area contributed by atoms with Crippen molar-refractivity contribution in [2.75, 3.05) is 11.1 Å². The summed E-state index contributed by atoms with van der Waals surface area (Å²) in [6.07, 6.45) is 0. The van der Waals surface area contributed by atoms with Gasteiger partial charge in [0.05, 0.1) is 23.2 Å². The highest BCUT2D eigenvalue weighted by molar-refractivity contribution is 7.99. The number of carbonyl (C=O) groups excluding carboxylic acids is 1. The van der Waals surface area contributed by atoms with E-state index in [4.69, 9.17) is 0 Å². The minimum atomic E-state index is -0.331. The summed E-state index contributed by atoms with van der Waals surface area (Å²) in [6, 6.07) is 21.1. The Labute approximate surface area is 190 Å². The Kier molecular flexibility index (Phi) is 5.61. The van der Waals surface area contributed by atoms with Gasteiger partial charge in [-0.3, -0.25) is 9.36 Å². The molecule has 10 heteroatoms. The van der Waals surface area contributed by atoms with E-state index >= 15 is 0 Å². The van der Waals surface area contributed by atoms with Crippen LogP contribution in [0.2, 0.25) is 0 Å². The van der Waals surface area contributed by atoms with Gasteiger partial charge in [-0.1, -0.05) is 48.2 Å². The summed E-state index contributed by atoms with van der Waals surface area (Å²) in [6.45, 7) is 0. The van der Waals surface area contributed by atoms with Crippen LogP contribution in [0, 0.1) is 5.82 Å². The minimum Gasteiger partial charge on any atom is -0.323 e. The smallest absolute Gasteiger partial charge is 0.234 e. The van der Waals surface area contributed by atoms with Crippen molar-refractivity contribution >= 4 is 46.1 Å². The maximum Gasteiger partial charge on any atom is 0.234 e. The van der Waals surface area contributed by atoms with Crippen LogP contribution in [0.15, 0.2) is 78.0 Å². The zero-order valence-electron chi connectivity index (χ0n) is 16.5. The van der Waals surface area contributed by atoms with Gasteiger partial charge in [0.2, 0.25) is 5.91 Å². The standard InChI is InChI=1S/C22H15FN6OS2/c23-15-9-11-16(12-10-15)29-21(14-5-2-1-3-6-14)25-26-22(29)31-13-19(30)24-17-7-4-8-18-20(17)28-32-27-18/h1-12H,13H2,(H,24,30). The molecule has 0 aliphatic heterocycles. The molecule has 5 aromatic rings. The number of rotatable bonds is 6. The molecule has 7 nitrogen and oxygen atoms in total. The van der Waals surface area contributed by atoms with Gasteiger partial charge in [0.1, 0.15) is 16.9 Å². The number of anilines is 1. The van der Waals surface area contributed by atoms with Crippen molar-refractivity contribution in [2.45, 2.75) is 5.16 Å². The number of carbonyl (C=O) groups is 1. The molecule has 0 saturated carbocycles. The van der Waals surface area contributed by atoms with Gasteiger partial charge >= 0.3 is 0 Å². The average molecular weight is 463 g/mol. The molecule has 0 aliphatic rings. The van der Waals surface area contributed by atoms with Gasteiger partial charge in [0.15, 0.2) is 11.0 Å². The first-order valence-corrected chi connectivity index (χ1v) is 11.3. The molecule has 2 aromatic heterocycles. The molecule has 158 valence electrons. The Morgan fingerprint density at radius 1 is 0.969 bits per heavy atom. The van der Waals surface area contributed by atoms with E-state index in [1.54, 1.807) is 18.2 Å². The molecule has 1 amide bonds. The third kappa shape index (κ3) is 4.10. The van der Waals surface area contributed by atoms with Gasteiger partial charge in [0.25, 0.3) is 0 Å². The lowest BCUT2D eigenvalue weighted by atomic mass is 10.2. The average Bonchev–Trinajstić information content (AvgIpc) is 3.47. The van der Waals surface area contributed by atoms with E-state index < -0.39 is 0 Å². The summed E-state index contributed by atoms with van der Waals surface area (Å²) in [4.78, 5) is 12.6. The maximum atomic E-state index is 13.5. The number of halogens is 1. The molecule has 3 aromatic carbocycles. The molecule has 5 rings (SSSR count). The largest absolute Gasteiger partial charge is 0.323 e. The Hall–Kier alpha value is -3.63. The number of nitrogens with zero attached hydrogens (tertiary/aromatic N) is 5. The number of thioether (sulfide) groups is 1. The molecule has 32 heavy (non-hydrogen) atoms. The lowest BCUT2D eigenvalue weighted by molar-refractivity contribution is -0.113. The Morgan fingerprint density at radius 3 is 2.59 bits per heavy atom. The molecular weight excluding hydrogens is 447 g/mol. The van der Waals surface area contributed by atoms with Crippen molar-refractivity contribution in [1.82, 2.24) is 23.5 Å². The molecule has 2 heterocycles. The van der Waals surface area contributed by atoms with Crippen LogP contribution >= 0.6 is 23.5 Å². The van der Waals surface area contributed by atoms with Crippen LogP contribution in [0.5, 0.6) is 0 Å². The van der Waals surface area contributed by atoms with Gasteiger partial charge in [-0.05, 0) is 36.4 Å². The van der Waals surface area contributed by atoms with Gasteiger partial charge < -0.3 is 5.32 Å². The molecule has 1 N–H and O–H groups in total. The van der Waals surface area contributed by atoms with Gasteiger partial charge in [0, 0.05) is 11.3 Å². The van der Waals surface area contributed by atoms with E-state index in [2.05, 4.69) is 24.3 Å². The van der Waals surface area contributed by atoms with Crippen LogP contribution in [-0.4, -0.2) is 35.2 Å². The fourth-order valence-corrected chi connectivity index (χ4v) is 4.49. The SMILES string of the molecule is O=C(CSc1nnc(-c2ccccc2)n1-c1ccc(F)cc1)Nc1cccc2nsnc12. The van der Waals surface area contributed by atoms with Gasteiger partial charge in [-0.15, -0.1) is 10.2 Å². The molecule has 0 radical (unpaired) electrons. The molecule has 0 saturated heterocycles. The molecule has 0 aliphatic carbocycles. The Morgan fingerprint density at radius 2 is 1.78 bits per heavy atom. The molecule has 0 unspecified atom stereocenters. The Bertz CT molecular complexity index is 1380. The van der Waals surface area contributed by atoms with Gasteiger partial charge in [-0.25, -0.2) is 4.39 Å². The summed E-state index contributed by atoms with van der Waals surface area (Å²) in [7, 11) is 0. The topological polar surface area (TPSA) is 85.6 Å². The second-order valence-corrected chi connectivity index (χ2v) is 8.23. The number of hydrogen-bond acceptors (Lipinski definition) is 7. The van der Waals surface area contributed by atoms with Crippen LogP contribution in [-0.2, 0) is 4.79 Å². The first-order chi connectivity index (χ1) is 15.7. The van der Waals surface area contributed by atoms with E-state index in [-0.39, 0.29) is 17.5 Å². The van der Waals surface area contributed by atoms with E-state index in [9.17, 15) is 9.18 Å². The summed E-state index contributed by atoms with van der Waals surface area (Å²) in [5.41, 5.74) is 3.59. The second-order valence-electron chi connectivity index (χ2n) is 6.76. The van der Waals surface area contributed by atoms with E-state index in [1.807, 2.05) is 47.0 Å². The summed E-state index contributed by atoms with van der Waals surface area (Å²) in [5.74, 6) is 0.188. The van der Waals surface area contributed by atoms with Crippen molar-refractivity contribution in [2.24, 2.45) is 0 Å². The first-order valence-electron chi connectivity index (χ1n) is 9.60. The van der Waals surface area contributed by atoms with Crippen LogP contribution in [0.25, 0.3) is 28.1 Å². The number of fused-ring (bicyclic) bond motifs is 1. The minimum absolute atomic E-state index is 0.113. The number of hydrogen-bond donors (Lipinski definition) is 1. The number of amides is 1. The zero-order valence-corrected chi connectivity index (χ0v) is 18.1. The van der Waals surface area contributed by atoms with E-state index in [1.165, 1.54) is 23.9 Å². The third-order valence-electron chi connectivity index (χ3n) is 4.64. The van der Waals surface area contributed by atoms with Crippen LogP contribution in [0.3, 0.4) is 0 Å². The van der Waals surface area contributed by atoms with Crippen LogP contribution < -0.4 is 5.32 Å². The molecule has 0 fully saturated rings. The van der Waals surface area contributed by atoms with Gasteiger partial charge in [-0.2, -0.15) is 8.75 Å². The quantitative estimate of drug-likeness (QED) is 0.365. The normalized spacial score (nSPS) is 11.0. The summed E-state index contributed by atoms with van der Waals surface area (Å²) >= 11 is 2.35. The number of aromatic nitrogens is 5. The van der Waals surface area contributed by atoms with Crippen molar-refractivity contribution < 1.29 is 9.18 Å². The van der Waals surface area contributed by atoms with Crippen LogP contribution in [0.4, 0.5) is 10.1 Å². The highest BCUT2D eigenvalue weighted by atomic mass is 32.2. The van der Waals surface area contributed by atoms with Crippen molar-refractivity contribution in [3.8, 4) is 17.1 Å². The fraction of sp³-hybridized carbons (Fsp3) is 0.0455.